The monoisotopic (exact) mass is 197 g/mol. The predicted molar refractivity (Wildman–Crippen MR) is 54.5 cm³/mol. The molecule has 2 N–H and O–H groups in total. The Morgan fingerprint density at radius 1 is 1.43 bits per heavy atom. The molecule has 0 aliphatic heterocycles. The van der Waals surface area contributed by atoms with Crippen LogP contribution in [0.2, 0.25) is 0 Å². The molecule has 0 aromatic heterocycles. The number of benzene rings is 1. The van der Waals surface area contributed by atoms with Gasteiger partial charge in [0.1, 0.15) is 5.82 Å². The summed E-state index contributed by atoms with van der Waals surface area (Å²) in [5.74, 6) is -0.229. The first-order valence-electron chi connectivity index (χ1n) is 4.76. The largest absolute Gasteiger partial charge is 0.395 e. The molecule has 0 radical (unpaired) electrons. The van der Waals surface area contributed by atoms with Crippen molar-refractivity contribution in [3.05, 3.63) is 35.6 Å². The summed E-state index contributed by atoms with van der Waals surface area (Å²) < 4.78 is 12.9. The van der Waals surface area contributed by atoms with Gasteiger partial charge >= 0.3 is 0 Å². The highest BCUT2D eigenvalue weighted by Gasteiger charge is 2.08. The van der Waals surface area contributed by atoms with E-state index in [1.807, 2.05) is 19.9 Å². The molecule has 0 heterocycles. The zero-order valence-electron chi connectivity index (χ0n) is 8.50. The summed E-state index contributed by atoms with van der Waals surface area (Å²) in [4.78, 5) is 0. The zero-order chi connectivity index (χ0) is 10.6. The summed E-state index contributed by atoms with van der Waals surface area (Å²) in [5.41, 5.74) is 0.894. The summed E-state index contributed by atoms with van der Waals surface area (Å²) in [6.45, 7) is 3.91. The molecule has 14 heavy (non-hydrogen) atoms. The van der Waals surface area contributed by atoms with E-state index >= 15 is 0 Å². The molecule has 1 rings (SSSR count). The van der Waals surface area contributed by atoms with Crippen molar-refractivity contribution in [1.82, 2.24) is 5.32 Å². The molecule has 3 heteroatoms. The van der Waals surface area contributed by atoms with Crippen LogP contribution in [0, 0.1) is 5.82 Å². The molecule has 0 aliphatic carbocycles. The Bertz CT molecular complexity index is 290. The molecule has 78 valence electrons. The Morgan fingerprint density at radius 3 is 2.71 bits per heavy atom. The molecule has 0 amide bonds. The van der Waals surface area contributed by atoms with E-state index in [-0.39, 0.29) is 24.5 Å². The van der Waals surface area contributed by atoms with E-state index in [1.54, 1.807) is 6.07 Å². The number of aliphatic hydroxyl groups is 1. The van der Waals surface area contributed by atoms with Crippen LogP contribution in [0.1, 0.15) is 25.5 Å². The van der Waals surface area contributed by atoms with E-state index < -0.39 is 0 Å². The molecule has 2 nitrogen and oxygen atoms in total. The van der Waals surface area contributed by atoms with Crippen LogP contribution in [0.3, 0.4) is 0 Å². The summed E-state index contributed by atoms with van der Waals surface area (Å²) in [6, 6.07) is 6.55. The minimum Gasteiger partial charge on any atom is -0.395 e. The fourth-order valence-electron chi connectivity index (χ4n) is 1.35. The lowest BCUT2D eigenvalue weighted by atomic mass is 10.1. The summed E-state index contributed by atoms with van der Waals surface area (Å²) in [5, 5.41) is 12.0. The molecule has 0 aliphatic rings. The molecular formula is C11H16FNO. The van der Waals surface area contributed by atoms with Gasteiger partial charge in [-0.1, -0.05) is 12.1 Å². The van der Waals surface area contributed by atoms with Gasteiger partial charge in [-0.3, -0.25) is 0 Å². The maximum absolute atomic E-state index is 12.9. The number of halogens is 1. The fraction of sp³-hybridized carbons (Fsp3) is 0.455. The number of aliphatic hydroxyl groups excluding tert-OH is 1. The second kappa shape index (κ2) is 5.08. The lowest BCUT2D eigenvalue weighted by Gasteiger charge is -2.18. The third kappa shape index (κ3) is 3.09. The maximum Gasteiger partial charge on any atom is 0.123 e. The van der Waals surface area contributed by atoms with Gasteiger partial charge in [0, 0.05) is 12.1 Å². The van der Waals surface area contributed by atoms with Gasteiger partial charge in [0.15, 0.2) is 0 Å². The molecule has 0 fully saturated rings. The van der Waals surface area contributed by atoms with Crippen molar-refractivity contribution >= 4 is 0 Å². The van der Waals surface area contributed by atoms with Crippen LogP contribution in [0.5, 0.6) is 0 Å². The number of rotatable bonds is 4. The van der Waals surface area contributed by atoms with Crippen molar-refractivity contribution in [3.63, 3.8) is 0 Å². The van der Waals surface area contributed by atoms with Crippen molar-refractivity contribution in [2.45, 2.75) is 25.9 Å². The Labute approximate surface area is 83.8 Å². The van der Waals surface area contributed by atoms with Gasteiger partial charge in [0.25, 0.3) is 0 Å². The Kier molecular flexibility index (Phi) is 4.04. The van der Waals surface area contributed by atoms with Gasteiger partial charge in [-0.15, -0.1) is 0 Å². The summed E-state index contributed by atoms with van der Waals surface area (Å²) in [6.07, 6.45) is 0. The molecule has 0 saturated heterocycles. The van der Waals surface area contributed by atoms with Crippen LogP contribution < -0.4 is 5.32 Å². The van der Waals surface area contributed by atoms with E-state index in [1.165, 1.54) is 12.1 Å². The second-order valence-electron chi connectivity index (χ2n) is 3.53. The van der Waals surface area contributed by atoms with Crippen LogP contribution in [0.4, 0.5) is 4.39 Å². The van der Waals surface area contributed by atoms with E-state index in [0.717, 1.165) is 5.56 Å². The van der Waals surface area contributed by atoms with Gasteiger partial charge in [-0.2, -0.15) is 0 Å². The van der Waals surface area contributed by atoms with Gasteiger partial charge in [0.05, 0.1) is 6.61 Å². The van der Waals surface area contributed by atoms with Crippen LogP contribution >= 0.6 is 0 Å². The summed E-state index contributed by atoms with van der Waals surface area (Å²) >= 11 is 0. The summed E-state index contributed by atoms with van der Waals surface area (Å²) in [7, 11) is 0. The Morgan fingerprint density at radius 2 is 2.14 bits per heavy atom. The van der Waals surface area contributed by atoms with Crippen molar-refractivity contribution in [1.29, 1.82) is 0 Å². The Balaban J connectivity index is 2.64. The van der Waals surface area contributed by atoms with Crippen molar-refractivity contribution in [2.75, 3.05) is 6.61 Å². The molecule has 0 unspecified atom stereocenters. The van der Waals surface area contributed by atoms with Crippen LogP contribution in [0.25, 0.3) is 0 Å². The van der Waals surface area contributed by atoms with E-state index in [2.05, 4.69) is 5.32 Å². The third-order valence-electron chi connectivity index (χ3n) is 2.16. The fourth-order valence-corrected chi connectivity index (χ4v) is 1.35. The number of hydrogen-bond donors (Lipinski definition) is 2. The van der Waals surface area contributed by atoms with Gasteiger partial charge in [-0.25, -0.2) is 4.39 Å². The highest BCUT2D eigenvalue weighted by molar-refractivity contribution is 5.19. The smallest absolute Gasteiger partial charge is 0.123 e. The predicted octanol–water partition coefficient (Wildman–Crippen LogP) is 1.86. The second-order valence-corrected chi connectivity index (χ2v) is 3.53. The van der Waals surface area contributed by atoms with E-state index in [4.69, 9.17) is 5.11 Å². The molecular weight excluding hydrogens is 181 g/mol. The number of nitrogens with one attached hydrogen (secondary N) is 1. The topological polar surface area (TPSA) is 32.3 Å². The zero-order valence-corrected chi connectivity index (χ0v) is 8.50. The molecule has 0 bridgehead atoms. The maximum atomic E-state index is 12.9. The molecule has 0 spiro atoms. The van der Waals surface area contributed by atoms with Crippen LogP contribution in [0.15, 0.2) is 24.3 Å². The average molecular weight is 197 g/mol. The van der Waals surface area contributed by atoms with Gasteiger partial charge < -0.3 is 10.4 Å². The molecule has 0 saturated carbocycles. The average Bonchev–Trinajstić information content (AvgIpc) is 2.17. The van der Waals surface area contributed by atoms with Crippen molar-refractivity contribution in [3.8, 4) is 0 Å². The minimum atomic E-state index is -0.229. The van der Waals surface area contributed by atoms with Gasteiger partial charge in [0.2, 0.25) is 0 Å². The highest BCUT2D eigenvalue weighted by atomic mass is 19.1. The number of hydrogen-bond acceptors (Lipinski definition) is 2. The van der Waals surface area contributed by atoms with Gasteiger partial charge in [-0.05, 0) is 31.5 Å². The van der Waals surface area contributed by atoms with E-state index in [0.29, 0.717) is 0 Å². The van der Waals surface area contributed by atoms with Crippen LogP contribution in [-0.4, -0.2) is 17.8 Å². The van der Waals surface area contributed by atoms with Crippen molar-refractivity contribution < 1.29 is 9.50 Å². The lowest BCUT2D eigenvalue weighted by Crippen LogP contribution is -2.31. The standard InChI is InChI=1S/C11H16FNO/c1-8(7-14)13-9(2)10-4-3-5-11(12)6-10/h3-6,8-9,13-14H,7H2,1-2H3/t8-,9-/m0/s1. The first-order chi connectivity index (χ1) is 6.63. The van der Waals surface area contributed by atoms with E-state index in [9.17, 15) is 4.39 Å². The third-order valence-corrected chi connectivity index (χ3v) is 2.16. The van der Waals surface area contributed by atoms with Crippen LogP contribution in [-0.2, 0) is 0 Å². The highest BCUT2D eigenvalue weighted by Crippen LogP contribution is 2.13. The first kappa shape index (κ1) is 11.1. The minimum absolute atomic E-state index is 0.0215. The molecule has 1 aromatic rings. The van der Waals surface area contributed by atoms with Crippen molar-refractivity contribution in [2.24, 2.45) is 0 Å². The Hall–Kier alpha value is -0.930. The lowest BCUT2D eigenvalue weighted by molar-refractivity contribution is 0.243. The molecule has 1 aromatic carbocycles. The first-order valence-corrected chi connectivity index (χ1v) is 4.76. The quantitative estimate of drug-likeness (QED) is 0.772. The normalized spacial score (nSPS) is 15.1. The SMILES string of the molecule is C[C@H](N[C@@H](C)CO)c1cccc(F)c1. The molecule has 2 atom stereocenters.